The summed E-state index contributed by atoms with van der Waals surface area (Å²) in [7, 11) is 2.06. The van der Waals surface area contributed by atoms with Crippen molar-refractivity contribution < 1.29 is 34.7 Å². The summed E-state index contributed by atoms with van der Waals surface area (Å²) in [5.74, 6) is 0. The third-order valence-electron chi connectivity index (χ3n) is 1.67. The van der Waals surface area contributed by atoms with Gasteiger partial charge in [-0.3, -0.25) is 0 Å². The molecule has 0 aromatic carbocycles. The third-order valence-corrected chi connectivity index (χ3v) is 1.67. The molecule has 0 aromatic rings. The summed E-state index contributed by atoms with van der Waals surface area (Å²) in [6.45, 7) is 1.99. The van der Waals surface area contributed by atoms with E-state index in [9.17, 15) is 5.11 Å². The molecule has 9 heavy (non-hydrogen) atoms. The van der Waals surface area contributed by atoms with Crippen LogP contribution in [0.15, 0.2) is 0 Å². The fraction of sp³-hybridized carbons (Fsp3) is 1.00. The van der Waals surface area contributed by atoms with Gasteiger partial charge in [-0.2, -0.15) is 0 Å². The van der Waals surface area contributed by atoms with Crippen LogP contribution in [0.5, 0.6) is 0 Å². The molecule has 1 heterocycles. The predicted octanol–water partition coefficient (Wildman–Crippen LogP) is -3.56. The second-order valence-corrected chi connectivity index (χ2v) is 2.50. The Morgan fingerprint density at radius 1 is 1.33 bits per heavy atom. The number of nitrogens with zero attached hydrogens (tertiary/aromatic N) is 1. The second kappa shape index (κ2) is 4.69. The summed E-state index contributed by atoms with van der Waals surface area (Å²) in [6, 6.07) is 0. The van der Waals surface area contributed by atoms with Gasteiger partial charge in [0.05, 0.1) is 0 Å². The number of hydrogen-bond donors (Lipinski definition) is 0. The number of likely N-dealkylation sites (tertiary alicyclic amines) is 1. The molecule has 0 bridgehead atoms. The molecule has 1 rings (SSSR count). The molecule has 1 aliphatic rings. The van der Waals surface area contributed by atoms with Crippen LogP contribution in [0, 0.1) is 0 Å². The van der Waals surface area contributed by atoms with E-state index in [1.165, 1.54) is 0 Å². The van der Waals surface area contributed by atoms with Crippen molar-refractivity contribution >= 4 is 0 Å². The molecule has 2 nitrogen and oxygen atoms in total. The topological polar surface area (TPSA) is 26.3 Å². The molecular formula is C6H12NNaO. The first-order valence-corrected chi connectivity index (χ1v) is 3.13. The van der Waals surface area contributed by atoms with Crippen molar-refractivity contribution in [3.63, 3.8) is 0 Å². The van der Waals surface area contributed by atoms with Gasteiger partial charge in [-0.15, -0.1) is 6.10 Å². The number of hydrogen-bond acceptors (Lipinski definition) is 2. The molecular weight excluding hydrogens is 125 g/mol. The van der Waals surface area contributed by atoms with Crippen LogP contribution in [-0.2, 0) is 0 Å². The van der Waals surface area contributed by atoms with E-state index in [4.69, 9.17) is 0 Å². The molecule has 0 spiro atoms. The van der Waals surface area contributed by atoms with Gasteiger partial charge >= 0.3 is 29.6 Å². The molecule has 0 atom stereocenters. The van der Waals surface area contributed by atoms with E-state index in [0.29, 0.717) is 0 Å². The fourth-order valence-electron chi connectivity index (χ4n) is 0.985. The quantitative estimate of drug-likeness (QED) is 0.323. The summed E-state index contributed by atoms with van der Waals surface area (Å²) in [5.41, 5.74) is 0. The van der Waals surface area contributed by atoms with Crippen LogP contribution < -0.4 is 34.7 Å². The van der Waals surface area contributed by atoms with Crippen LogP contribution in [0.2, 0.25) is 0 Å². The Hall–Kier alpha value is 0.920. The molecule has 0 saturated carbocycles. The first-order chi connectivity index (χ1) is 3.79. The van der Waals surface area contributed by atoms with Crippen LogP contribution in [0.3, 0.4) is 0 Å². The molecule has 1 aliphatic heterocycles. The molecule has 0 aromatic heterocycles. The zero-order valence-electron chi connectivity index (χ0n) is 6.26. The molecule has 1 fully saturated rings. The van der Waals surface area contributed by atoms with Crippen molar-refractivity contribution in [2.24, 2.45) is 0 Å². The van der Waals surface area contributed by atoms with Crippen LogP contribution in [0.1, 0.15) is 12.8 Å². The Morgan fingerprint density at radius 3 is 2.11 bits per heavy atom. The van der Waals surface area contributed by atoms with Crippen molar-refractivity contribution in [3.8, 4) is 0 Å². The minimum atomic E-state index is -0.272. The van der Waals surface area contributed by atoms with E-state index in [1.54, 1.807) is 0 Å². The fourth-order valence-corrected chi connectivity index (χ4v) is 0.985. The van der Waals surface area contributed by atoms with Crippen LogP contribution in [0.4, 0.5) is 0 Å². The van der Waals surface area contributed by atoms with Gasteiger partial charge in [0.2, 0.25) is 0 Å². The van der Waals surface area contributed by atoms with Crippen molar-refractivity contribution in [2.45, 2.75) is 18.9 Å². The van der Waals surface area contributed by atoms with E-state index >= 15 is 0 Å². The van der Waals surface area contributed by atoms with Crippen LogP contribution in [0.25, 0.3) is 0 Å². The third kappa shape index (κ3) is 3.58. The Morgan fingerprint density at radius 2 is 1.78 bits per heavy atom. The summed E-state index contributed by atoms with van der Waals surface area (Å²) >= 11 is 0. The molecule has 0 radical (unpaired) electrons. The zero-order chi connectivity index (χ0) is 5.98. The van der Waals surface area contributed by atoms with Crippen molar-refractivity contribution in [1.29, 1.82) is 0 Å². The van der Waals surface area contributed by atoms with Gasteiger partial charge in [-0.25, -0.2) is 0 Å². The smallest absolute Gasteiger partial charge is 0.852 e. The van der Waals surface area contributed by atoms with Gasteiger partial charge < -0.3 is 10.0 Å². The molecule has 1 saturated heterocycles. The van der Waals surface area contributed by atoms with Crippen molar-refractivity contribution in [1.82, 2.24) is 4.90 Å². The monoisotopic (exact) mass is 137 g/mol. The zero-order valence-corrected chi connectivity index (χ0v) is 8.26. The van der Waals surface area contributed by atoms with Gasteiger partial charge in [0.15, 0.2) is 0 Å². The minimum absolute atomic E-state index is 0. The standard InChI is InChI=1S/C6H12NO.Na/c1-7-4-2-6(8)3-5-7;/h6H,2-5H2,1H3;/q-1;+1. The molecule has 0 N–H and O–H groups in total. The van der Waals surface area contributed by atoms with Gasteiger partial charge in [0, 0.05) is 0 Å². The normalized spacial score (nSPS) is 23.3. The van der Waals surface area contributed by atoms with Gasteiger partial charge in [0.1, 0.15) is 0 Å². The maximum atomic E-state index is 10.7. The Labute approximate surface area is 78.5 Å². The Bertz CT molecular complexity index is 61.5. The summed E-state index contributed by atoms with van der Waals surface area (Å²) in [4.78, 5) is 2.20. The van der Waals surface area contributed by atoms with E-state index in [1.807, 2.05) is 0 Å². The average molecular weight is 137 g/mol. The Balaban J connectivity index is 0.000000640. The van der Waals surface area contributed by atoms with Crippen molar-refractivity contribution in [2.75, 3.05) is 20.1 Å². The van der Waals surface area contributed by atoms with Crippen LogP contribution >= 0.6 is 0 Å². The van der Waals surface area contributed by atoms with Crippen LogP contribution in [-0.4, -0.2) is 31.1 Å². The maximum absolute atomic E-state index is 10.7. The first kappa shape index (κ1) is 9.92. The molecule has 48 valence electrons. The van der Waals surface area contributed by atoms with E-state index in [0.717, 1.165) is 25.9 Å². The average Bonchev–Trinajstić information content (AvgIpc) is 1.77. The van der Waals surface area contributed by atoms with Crippen molar-refractivity contribution in [3.05, 3.63) is 0 Å². The largest absolute Gasteiger partial charge is 1.00 e. The molecule has 3 heteroatoms. The summed E-state index contributed by atoms with van der Waals surface area (Å²) in [6.07, 6.45) is 1.42. The minimum Gasteiger partial charge on any atom is -0.852 e. The first-order valence-electron chi connectivity index (χ1n) is 3.13. The molecule has 0 aliphatic carbocycles. The van der Waals surface area contributed by atoms with E-state index < -0.39 is 0 Å². The second-order valence-electron chi connectivity index (χ2n) is 2.50. The Kier molecular flexibility index (Phi) is 5.17. The predicted molar refractivity (Wildman–Crippen MR) is 30.5 cm³/mol. The molecule has 0 amide bonds. The SMILES string of the molecule is CN1CCC([O-])CC1.[Na+]. The van der Waals surface area contributed by atoms with E-state index in [-0.39, 0.29) is 35.7 Å². The van der Waals surface area contributed by atoms with Gasteiger partial charge in [-0.1, -0.05) is 12.8 Å². The maximum Gasteiger partial charge on any atom is 1.00 e. The van der Waals surface area contributed by atoms with Gasteiger partial charge in [-0.05, 0) is 20.1 Å². The summed E-state index contributed by atoms with van der Waals surface area (Å²) in [5, 5.41) is 10.7. The number of piperidine rings is 1. The van der Waals surface area contributed by atoms with Gasteiger partial charge in [0.25, 0.3) is 0 Å². The summed E-state index contributed by atoms with van der Waals surface area (Å²) < 4.78 is 0. The van der Waals surface area contributed by atoms with E-state index in [2.05, 4.69) is 11.9 Å². The molecule has 0 unspecified atom stereocenters. The number of rotatable bonds is 0.